The van der Waals surface area contributed by atoms with Crippen molar-refractivity contribution in [3.05, 3.63) is 59.7 Å². The number of sulfonamides is 1. The maximum atomic E-state index is 12.2. The van der Waals surface area contributed by atoms with E-state index in [4.69, 9.17) is 0 Å². The number of anilines is 1. The van der Waals surface area contributed by atoms with E-state index in [1.165, 1.54) is 12.1 Å². The quantitative estimate of drug-likeness (QED) is 0.889. The maximum Gasteiger partial charge on any atom is 0.255 e. The van der Waals surface area contributed by atoms with Crippen molar-refractivity contribution in [2.45, 2.75) is 18.7 Å². The Morgan fingerprint density at radius 3 is 2.27 bits per heavy atom. The average molecular weight is 318 g/mol. The van der Waals surface area contributed by atoms with E-state index in [1.807, 2.05) is 19.1 Å². The molecule has 2 aromatic carbocycles. The number of aryl methyl sites for hydroxylation is 1. The van der Waals surface area contributed by atoms with Gasteiger partial charge in [-0.1, -0.05) is 25.1 Å². The Bertz CT molecular complexity index is 768. The van der Waals surface area contributed by atoms with Gasteiger partial charge in [0.25, 0.3) is 5.91 Å². The van der Waals surface area contributed by atoms with Gasteiger partial charge in [0.05, 0.1) is 4.90 Å². The summed E-state index contributed by atoms with van der Waals surface area (Å²) in [5.74, 6) is -0.222. The number of carbonyl (C=O) groups is 1. The van der Waals surface area contributed by atoms with Gasteiger partial charge >= 0.3 is 0 Å². The molecule has 2 aromatic rings. The first-order valence-corrected chi connectivity index (χ1v) is 8.39. The molecule has 0 spiro atoms. The molecule has 5 nitrogen and oxygen atoms in total. The van der Waals surface area contributed by atoms with Crippen molar-refractivity contribution in [2.24, 2.45) is 0 Å². The Labute approximate surface area is 130 Å². The lowest BCUT2D eigenvalue weighted by Gasteiger charge is -2.09. The first kappa shape index (κ1) is 16.2. The number of hydrogen-bond donors (Lipinski definition) is 2. The van der Waals surface area contributed by atoms with Gasteiger partial charge in [0, 0.05) is 17.8 Å². The van der Waals surface area contributed by atoms with Gasteiger partial charge < -0.3 is 5.32 Å². The van der Waals surface area contributed by atoms with Crippen molar-refractivity contribution in [2.75, 3.05) is 11.9 Å². The molecule has 0 aromatic heterocycles. The molecular weight excluding hydrogens is 300 g/mol. The van der Waals surface area contributed by atoms with E-state index >= 15 is 0 Å². The number of rotatable bonds is 5. The maximum absolute atomic E-state index is 12.2. The van der Waals surface area contributed by atoms with Gasteiger partial charge in [-0.25, -0.2) is 13.1 Å². The lowest BCUT2D eigenvalue weighted by atomic mass is 10.1. The van der Waals surface area contributed by atoms with E-state index in [2.05, 4.69) is 10.0 Å². The monoisotopic (exact) mass is 318 g/mol. The van der Waals surface area contributed by atoms with Crippen molar-refractivity contribution in [3.63, 3.8) is 0 Å². The minimum atomic E-state index is -3.48. The molecule has 0 unspecified atom stereocenters. The zero-order valence-corrected chi connectivity index (χ0v) is 13.3. The molecule has 0 fully saturated rings. The van der Waals surface area contributed by atoms with Crippen LogP contribution in [-0.4, -0.2) is 20.9 Å². The predicted molar refractivity (Wildman–Crippen MR) is 86.4 cm³/mol. The van der Waals surface area contributed by atoms with Crippen molar-refractivity contribution in [3.8, 4) is 0 Å². The van der Waals surface area contributed by atoms with E-state index in [9.17, 15) is 13.2 Å². The molecular formula is C16H18N2O3S. The molecule has 0 heterocycles. The highest BCUT2D eigenvalue weighted by Gasteiger charge is 2.13. The van der Waals surface area contributed by atoms with Crippen LogP contribution in [0.3, 0.4) is 0 Å². The summed E-state index contributed by atoms with van der Waals surface area (Å²) in [6.07, 6.45) is 0. The predicted octanol–water partition coefficient (Wildman–Crippen LogP) is 2.55. The fraction of sp³-hybridized carbons (Fsp3) is 0.188. The zero-order chi connectivity index (χ0) is 16.2. The fourth-order valence-electron chi connectivity index (χ4n) is 2.02. The molecule has 22 heavy (non-hydrogen) atoms. The summed E-state index contributed by atoms with van der Waals surface area (Å²) in [6, 6.07) is 13.3. The largest absolute Gasteiger partial charge is 0.322 e. The molecule has 0 bridgehead atoms. The van der Waals surface area contributed by atoms with Crippen LogP contribution in [0, 0.1) is 6.92 Å². The van der Waals surface area contributed by atoms with Crippen LogP contribution in [0.4, 0.5) is 5.69 Å². The van der Waals surface area contributed by atoms with Gasteiger partial charge in [-0.05, 0) is 42.8 Å². The third-order valence-corrected chi connectivity index (χ3v) is 4.71. The number of nitrogens with one attached hydrogen (secondary N) is 2. The Kier molecular flexibility index (Phi) is 4.95. The van der Waals surface area contributed by atoms with Crippen LogP contribution in [0.1, 0.15) is 22.8 Å². The van der Waals surface area contributed by atoms with Gasteiger partial charge in [0.15, 0.2) is 0 Å². The molecule has 0 aliphatic rings. The summed E-state index contributed by atoms with van der Waals surface area (Å²) in [7, 11) is -3.48. The van der Waals surface area contributed by atoms with Crippen molar-refractivity contribution in [1.29, 1.82) is 0 Å². The summed E-state index contributed by atoms with van der Waals surface area (Å²) >= 11 is 0. The molecule has 0 saturated carbocycles. The lowest BCUT2D eigenvalue weighted by molar-refractivity contribution is 0.102. The standard InChI is InChI=1S/C16H18N2O3S/c1-3-17-22(20,21)14-10-8-13(9-11-14)18-16(19)15-7-5-4-6-12(15)2/h4-11,17H,3H2,1-2H3,(H,18,19). The van der Waals surface area contributed by atoms with E-state index in [0.717, 1.165) is 5.56 Å². The molecule has 0 saturated heterocycles. The third kappa shape index (κ3) is 3.72. The highest BCUT2D eigenvalue weighted by molar-refractivity contribution is 7.89. The van der Waals surface area contributed by atoms with Gasteiger partial charge in [0.1, 0.15) is 0 Å². The van der Waals surface area contributed by atoms with Gasteiger partial charge in [-0.2, -0.15) is 0 Å². The topological polar surface area (TPSA) is 75.3 Å². The Hall–Kier alpha value is -2.18. The fourth-order valence-corrected chi connectivity index (χ4v) is 3.06. The zero-order valence-electron chi connectivity index (χ0n) is 12.5. The van der Waals surface area contributed by atoms with E-state index in [0.29, 0.717) is 17.8 Å². The van der Waals surface area contributed by atoms with Gasteiger partial charge in [0.2, 0.25) is 10.0 Å². The van der Waals surface area contributed by atoms with Crippen molar-refractivity contribution >= 4 is 21.6 Å². The normalized spacial score (nSPS) is 11.2. The summed E-state index contributed by atoms with van der Waals surface area (Å²) < 4.78 is 26.1. The number of benzene rings is 2. The number of hydrogen-bond acceptors (Lipinski definition) is 3. The van der Waals surface area contributed by atoms with Crippen LogP contribution in [-0.2, 0) is 10.0 Å². The van der Waals surface area contributed by atoms with Crippen LogP contribution in [0.25, 0.3) is 0 Å². The van der Waals surface area contributed by atoms with E-state index < -0.39 is 10.0 Å². The minimum Gasteiger partial charge on any atom is -0.322 e. The second-order valence-corrected chi connectivity index (χ2v) is 6.56. The smallest absolute Gasteiger partial charge is 0.255 e. The van der Waals surface area contributed by atoms with E-state index in [1.54, 1.807) is 31.2 Å². The SMILES string of the molecule is CCNS(=O)(=O)c1ccc(NC(=O)c2ccccc2C)cc1. The number of amides is 1. The van der Waals surface area contributed by atoms with Crippen LogP contribution in [0.2, 0.25) is 0 Å². The number of carbonyl (C=O) groups excluding carboxylic acids is 1. The second-order valence-electron chi connectivity index (χ2n) is 4.79. The van der Waals surface area contributed by atoms with Gasteiger partial charge in [-0.3, -0.25) is 4.79 Å². The van der Waals surface area contributed by atoms with Crippen LogP contribution in [0.15, 0.2) is 53.4 Å². The summed E-state index contributed by atoms with van der Waals surface area (Å²) in [6.45, 7) is 3.91. The summed E-state index contributed by atoms with van der Waals surface area (Å²) in [4.78, 5) is 12.3. The highest BCUT2D eigenvalue weighted by atomic mass is 32.2. The molecule has 2 N–H and O–H groups in total. The lowest BCUT2D eigenvalue weighted by Crippen LogP contribution is -2.23. The molecule has 0 aliphatic heterocycles. The Morgan fingerprint density at radius 1 is 1.05 bits per heavy atom. The molecule has 0 aliphatic carbocycles. The molecule has 0 atom stereocenters. The minimum absolute atomic E-state index is 0.170. The molecule has 6 heteroatoms. The van der Waals surface area contributed by atoms with Crippen molar-refractivity contribution < 1.29 is 13.2 Å². The highest BCUT2D eigenvalue weighted by Crippen LogP contribution is 2.16. The van der Waals surface area contributed by atoms with E-state index in [-0.39, 0.29) is 10.8 Å². The summed E-state index contributed by atoms with van der Waals surface area (Å²) in [5, 5.41) is 2.76. The first-order chi connectivity index (χ1) is 10.4. The van der Waals surface area contributed by atoms with Crippen LogP contribution < -0.4 is 10.0 Å². The Morgan fingerprint density at radius 2 is 1.68 bits per heavy atom. The molecule has 0 radical (unpaired) electrons. The van der Waals surface area contributed by atoms with Crippen LogP contribution >= 0.6 is 0 Å². The molecule has 116 valence electrons. The van der Waals surface area contributed by atoms with Gasteiger partial charge in [-0.15, -0.1) is 0 Å². The third-order valence-electron chi connectivity index (χ3n) is 3.15. The van der Waals surface area contributed by atoms with Crippen LogP contribution in [0.5, 0.6) is 0 Å². The Balaban J connectivity index is 2.15. The molecule has 2 rings (SSSR count). The van der Waals surface area contributed by atoms with Crippen molar-refractivity contribution in [1.82, 2.24) is 4.72 Å². The summed E-state index contributed by atoms with van der Waals surface area (Å²) in [5.41, 5.74) is 2.02. The first-order valence-electron chi connectivity index (χ1n) is 6.91. The second kappa shape index (κ2) is 6.72. The molecule has 1 amide bonds. The average Bonchev–Trinajstić information content (AvgIpc) is 2.48.